The van der Waals surface area contributed by atoms with E-state index in [0.29, 0.717) is 5.56 Å². The lowest BCUT2D eigenvalue weighted by Crippen LogP contribution is -2.60. The molecule has 14 heteroatoms. The zero-order chi connectivity index (χ0) is 28.3. The van der Waals surface area contributed by atoms with Gasteiger partial charge in [0, 0.05) is 0 Å². The van der Waals surface area contributed by atoms with Crippen LogP contribution in [-0.2, 0) is 19.2 Å². The standard InChI is InChI=1S/C24H38N4O9.ClH/c1-12(2)9-16(27-22(35)13(3)25)23(36)28-17(11-29)19(32)20(33)21(34)24(37)26-15(10-18(30)31)14-7-5-4-6-8-14;/h4-8,12-13,15-17,19-21,29,32-34H,9-11,25H2,1-3H3,(H,26,37)(H,27,35)(H,28,36)(H,30,31);1H/t13-,15+,16+,17+,19-,20-,21+;/m1./s1. The van der Waals surface area contributed by atoms with Gasteiger partial charge in [-0.05, 0) is 24.8 Å². The van der Waals surface area contributed by atoms with Gasteiger partial charge in [0.1, 0.15) is 18.2 Å². The molecule has 0 aliphatic rings. The van der Waals surface area contributed by atoms with E-state index in [1.54, 1.807) is 30.3 Å². The Hall–Kier alpha value is -2.81. The van der Waals surface area contributed by atoms with E-state index < -0.39 is 79.2 Å². The van der Waals surface area contributed by atoms with Crippen LogP contribution in [0.15, 0.2) is 30.3 Å². The van der Waals surface area contributed by atoms with Gasteiger partial charge < -0.3 is 47.2 Å². The number of carbonyl (C=O) groups is 4. The number of aliphatic hydroxyl groups is 4. The Bertz CT molecular complexity index is 904. The number of carboxylic acids is 1. The summed E-state index contributed by atoms with van der Waals surface area (Å²) in [6.07, 6.45) is -6.71. The van der Waals surface area contributed by atoms with Gasteiger partial charge in [-0.3, -0.25) is 19.2 Å². The normalized spacial score (nSPS) is 16.6. The predicted molar refractivity (Wildman–Crippen MR) is 139 cm³/mol. The van der Waals surface area contributed by atoms with Gasteiger partial charge in [0.2, 0.25) is 11.8 Å². The number of nitrogens with one attached hydrogen (secondary N) is 3. The number of rotatable bonds is 15. The van der Waals surface area contributed by atoms with Gasteiger partial charge in [0.05, 0.1) is 31.2 Å². The van der Waals surface area contributed by atoms with Crippen molar-refractivity contribution in [3.63, 3.8) is 0 Å². The molecule has 38 heavy (non-hydrogen) atoms. The van der Waals surface area contributed by atoms with Crippen molar-refractivity contribution in [3.05, 3.63) is 35.9 Å². The molecule has 0 unspecified atom stereocenters. The van der Waals surface area contributed by atoms with Crippen molar-refractivity contribution in [2.45, 2.75) is 76.1 Å². The van der Waals surface area contributed by atoms with Crippen LogP contribution in [0.4, 0.5) is 0 Å². The number of carbonyl (C=O) groups excluding carboxylic acids is 3. The van der Waals surface area contributed by atoms with Crippen molar-refractivity contribution in [1.29, 1.82) is 0 Å². The Kier molecular flexibility index (Phi) is 15.7. The molecule has 1 aromatic rings. The Morgan fingerprint density at radius 3 is 1.92 bits per heavy atom. The lowest BCUT2D eigenvalue weighted by atomic mass is 9.98. The van der Waals surface area contributed by atoms with E-state index in [1.165, 1.54) is 6.92 Å². The van der Waals surface area contributed by atoms with Crippen LogP contribution in [0.2, 0.25) is 0 Å². The lowest BCUT2D eigenvalue weighted by Gasteiger charge is -2.31. The summed E-state index contributed by atoms with van der Waals surface area (Å²) in [5, 5.41) is 57.2. The first kappa shape index (κ1) is 35.2. The van der Waals surface area contributed by atoms with Gasteiger partial charge in [-0.25, -0.2) is 0 Å². The van der Waals surface area contributed by atoms with Crippen molar-refractivity contribution < 1.29 is 44.7 Å². The summed E-state index contributed by atoms with van der Waals surface area (Å²) in [5.41, 5.74) is 5.97. The zero-order valence-electron chi connectivity index (χ0n) is 21.5. The Balaban J connectivity index is 0.0000137. The van der Waals surface area contributed by atoms with Gasteiger partial charge >= 0.3 is 5.97 Å². The molecule has 7 atom stereocenters. The summed E-state index contributed by atoms with van der Waals surface area (Å²) in [7, 11) is 0. The largest absolute Gasteiger partial charge is 0.481 e. The minimum atomic E-state index is -2.23. The molecular weight excluding hydrogens is 524 g/mol. The monoisotopic (exact) mass is 562 g/mol. The summed E-state index contributed by atoms with van der Waals surface area (Å²) in [4.78, 5) is 48.6. The smallest absolute Gasteiger partial charge is 0.305 e. The van der Waals surface area contributed by atoms with Crippen LogP contribution >= 0.6 is 12.4 Å². The second-order valence-corrected chi connectivity index (χ2v) is 9.27. The summed E-state index contributed by atoms with van der Waals surface area (Å²) in [6, 6.07) is 3.58. The average molecular weight is 563 g/mol. The zero-order valence-corrected chi connectivity index (χ0v) is 22.3. The van der Waals surface area contributed by atoms with Gasteiger partial charge in [0.15, 0.2) is 6.10 Å². The van der Waals surface area contributed by atoms with Crippen molar-refractivity contribution in [1.82, 2.24) is 16.0 Å². The molecule has 1 rings (SSSR count). The summed E-state index contributed by atoms with van der Waals surface area (Å²) >= 11 is 0. The summed E-state index contributed by atoms with van der Waals surface area (Å²) in [6.45, 7) is 4.17. The van der Waals surface area contributed by atoms with Gasteiger partial charge in [0.25, 0.3) is 5.91 Å². The molecule has 1 aromatic carbocycles. The highest BCUT2D eigenvalue weighted by Crippen LogP contribution is 2.17. The molecule has 0 aliphatic heterocycles. The summed E-state index contributed by atoms with van der Waals surface area (Å²) < 4.78 is 0. The number of benzene rings is 1. The first-order valence-electron chi connectivity index (χ1n) is 11.9. The van der Waals surface area contributed by atoms with Crippen LogP contribution in [0.1, 0.15) is 45.2 Å². The molecule has 10 N–H and O–H groups in total. The molecule has 0 aromatic heterocycles. The Labute approximate surface area is 227 Å². The minimum absolute atomic E-state index is 0. The first-order valence-corrected chi connectivity index (χ1v) is 11.9. The third kappa shape index (κ3) is 11.3. The van der Waals surface area contributed by atoms with Gasteiger partial charge in [-0.1, -0.05) is 44.2 Å². The van der Waals surface area contributed by atoms with Crippen LogP contribution in [0.25, 0.3) is 0 Å². The molecule has 3 amide bonds. The van der Waals surface area contributed by atoms with Gasteiger partial charge in [-0.15, -0.1) is 12.4 Å². The van der Waals surface area contributed by atoms with Crippen LogP contribution in [0.5, 0.6) is 0 Å². The number of hydrogen-bond donors (Lipinski definition) is 9. The van der Waals surface area contributed by atoms with Crippen molar-refractivity contribution >= 4 is 36.1 Å². The molecule has 0 spiro atoms. The average Bonchev–Trinajstić information content (AvgIpc) is 2.84. The maximum Gasteiger partial charge on any atom is 0.305 e. The number of hydrogen-bond acceptors (Lipinski definition) is 9. The first-order chi connectivity index (χ1) is 17.3. The lowest BCUT2D eigenvalue weighted by molar-refractivity contribution is -0.145. The number of amides is 3. The minimum Gasteiger partial charge on any atom is -0.481 e. The topological polar surface area (TPSA) is 232 Å². The number of nitrogens with two attached hydrogens (primary N) is 1. The third-order valence-electron chi connectivity index (χ3n) is 5.53. The Morgan fingerprint density at radius 1 is 0.868 bits per heavy atom. The number of aliphatic hydroxyl groups excluding tert-OH is 4. The molecule has 13 nitrogen and oxygen atoms in total. The molecular formula is C24H39ClN4O9. The van der Waals surface area contributed by atoms with Crippen LogP contribution in [0, 0.1) is 5.92 Å². The number of halogens is 1. The fourth-order valence-corrected chi connectivity index (χ4v) is 3.48. The molecule has 0 fully saturated rings. The highest BCUT2D eigenvalue weighted by molar-refractivity contribution is 5.89. The highest BCUT2D eigenvalue weighted by Gasteiger charge is 2.37. The second-order valence-electron chi connectivity index (χ2n) is 9.27. The van der Waals surface area contributed by atoms with Crippen molar-refractivity contribution in [2.24, 2.45) is 11.7 Å². The molecule has 0 saturated carbocycles. The molecule has 0 saturated heterocycles. The predicted octanol–water partition coefficient (Wildman–Crippen LogP) is -1.82. The van der Waals surface area contributed by atoms with E-state index in [-0.39, 0.29) is 24.7 Å². The van der Waals surface area contributed by atoms with E-state index in [4.69, 9.17) is 10.8 Å². The molecule has 216 valence electrons. The van der Waals surface area contributed by atoms with Crippen molar-refractivity contribution in [2.75, 3.05) is 6.61 Å². The number of carboxylic acid groups (broad SMARTS) is 1. The van der Waals surface area contributed by atoms with Crippen molar-refractivity contribution in [3.8, 4) is 0 Å². The van der Waals surface area contributed by atoms with E-state index in [9.17, 15) is 39.6 Å². The summed E-state index contributed by atoms with van der Waals surface area (Å²) in [5.74, 6) is -3.80. The molecule has 0 radical (unpaired) electrons. The second kappa shape index (κ2) is 16.9. The Morgan fingerprint density at radius 2 is 1.45 bits per heavy atom. The van der Waals surface area contributed by atoms with Crippen LogP contribution in [0.3, 0.4) is 0 Å². The van der Waals surface area contributed by atoms with E-state index in [0.717, 1.165) is 0 Å². The molecule has 0 bridgehead atoms. The van der Waals surface area contributed by atoms with Crippen LogP contribution < -0.4 is 21.7 Å². The van der Waals surface area contributed by atoms with E-state index >= 15 is 0 Å². The maximum atomic E-state index is 12.8. The quantitative estimate of drug-likeness (QED) is 0.116. The van der Waals surface area contributed by atoms with E-state index in [2.05, 4.69) is 16.0 Å². The highest BCUT2D eigenvalue weighted by atomic mass is 35.5. The molecule has 0 aliphatic carbocycles. The fourth-order valence-electron chi connectivity index (χ4n) is 3.48. The van der Waals surface area contributed by atoms with Crippen LogP contribution in [-0.4, -0.2) is 92.3 Å². The van der Waals surface area contributed by atoms with E-state index in [1.807, 2.05) is 13.8 Å². The maximum absolute atomic E-state index is 12.8. The number of aliphatic carboxylic acids is 1. The SMILES string of the molecule is CC(C)C[C@H](NC(=O)[C@@H](C)N)C(=O)N[C@@H](CO)[C@@H](O)[C@@H](O)[C@H](O)C(=O)N[C@@H](CC(=O)O)c1ccccc1.Cl. The molecule has 0 heterocycles. The fraction of sp³-hybridized carbons (Fsp3) is 0.583. The third-order valence-corrected chi connectivity index (χ3v) is 5.53. The van der Waals surface area contributed by atoms with Gasteiger partial charge in [-0.2, -0.15) is 0 Å².